The van der Waals surface area contributed by atoms with Crippen molar-refractivity contribution in [2.24, 2.45) is 0 Å². The lowest BCUT2D eigenvalue weighted by Crippen LogP contribution is -2.28. The first-order valence-corrected chi connectivity index (χ1v) is 11.4. The first kappa shape index (κ1) is 22.8. The summed E-state index contributed by atoms with van der Waals surface area (Å²) < 4.78 is 13.7. The van der Waals surface area contributed by atoms with Crippen LogP contribution in [0.3, 0.4) is 0 Å². The maximum absolute atomic E-state index is 11.8. The van der Waals surface area contributed by atoms with E-state index in [0.717, 1.165) is 35.4 Å². The average Bonchev–Trinajstić information content (AvgIpc) is 3.30. The molecule has 1 fully saturated rings. The number of aromatic nitrogens is 4. The van der Waals surface area contributed by atoms with Gasteiger partial charge in [0.25, 0.3) is 5.91 Å². The summed E-state index contributed by atoms with van der Waals surface area (Å²) in [5.74, 6) is 2.17. The number of amides is 1. The summed E-state index contributed by atoms with van der Waals surface area (Å²) in [4.78, 5) is 25.1. The number of carbonyl (C=O) groups is 1. The number of anilines is 1. The maximum atomic E-state index is 11.8. The lowest BCUT2D eigenvalue weighted by Gasteiger charge is -2.27. The Kier molecular flexibility index (Phi) is 6.30. The van der Waals surface area contributed by atoms with Gasteiger partial charge in [0, 0.05) is 43.2 Å². The molecule has 2 unspecified atom stereocenters. The molecular weight excluding hydrogens is 448 g/mol. The van der Waals surface area contributed by atoms with Crippen molar-refractivity contribution < 1.29 is 19.4 Å². The Morgan fingerprint density at radius 3 is 2.74 bits per heavy atom. The van der Waals surface area contributed by atoms with E-state index in [2.05, 4.69) is 15.3 Å². The summed E-state index contributed by atoms with van der Waals surface area (Å²) >= 11 is 0. The molecule has 0 bridgehead atoms. The predicted octanol–water partition coefficient (Wildman–Crippen LogP) is 2.78. The van der Waals surface area contributed by atoms with Gasteiger partial charge >= 0.3 is 0 Å². The van der Waals surface area contributed by atoms with Gasteiger partial charge in [-0.1, -0.05) is 0 Å². The lowest BCUT2D eigenvalue weighted by molar-refractivity contribution is -0.0282. The highest BCUT2D eigenvalue weighted by Gasteiger charge is 2.27. The van der Waals surface area contributed by atoms with Gasteiger partial charge in [-0.3, -0.25) is 14.2 Å². The molecule has 1 aliphatic rings. The molecule has 4 aromatic rings. The van der Waals surface area contributed by atoms with Crippen molar-refractivity contribution in [1.29, 1.82) is 0 Å². The van der Waals surface area contributed by atoms with Gasteiger partial charge in [0.15, 0.2) is 0 Å². The number of imidazole rings is 1. The van der Waals surface area contributed by atoms with E-state index in [-0.39, 0.29) is 30.2 Å². The monoisotopic (exact) mass is 474 g/mol. The number of pyridine rings is 1. The highest BCUT2D eigenvalue weighted by atomic mass is 16.5. The normalized spacial score (nSPS) is 17.9. The molecule has 0 saturated carbocycles. The van der Waals surface area contributed by atoms with Crippen LogP contribution in [0.2, 0.25) is 0 Å². The fourth-order valence-electron chi connectivity index (χ4n) is 4.27. The molecule has 10 heteroatoms. The van der Waals surface area contributed by atoms with Crippen molar-refractivity contribution >= 4 is 17.2 Å². The number of hydrogen-bond acceptors (Lipinski definition) is 8. The number of fused-ring (bicyclic) bond motifs is 1. The van der Waals surface area contributed by atoms with E-state index in [0.29, 0.717) is 23.9 Å². The number of nitrogens with two attached hydrogens (primary N) is 1. The second-order valence-electron chi connectivity index (χ2n) is 8.34. The van der Waals surface area contributed by atoms with Crippen LogP contribution in [0.5, 0.6) is 11.5 Å². The number of nitrogens with one attached hydrogen (secondary N) is 1. The molecule has 3 aromatic heterocycles. The molecule has 180 valence electrons. The standard InChI is InChI=1S/C25H26N6O4/c1-27-25(33)20-12-18(8-9-28-20)35-17-5-2-15(3-6-17)21-22-23(26)29-10-11-31(22)24(30-21)16-4-7-19(13-32)34-14-16/h2-3,5-6,8-12,16,19,32H,4,7,13-14H2,1H3,(H2,26,29)(H,27,33). The van der Waals surface area contributed by atoms with Crippen molar-refractivity contribution in [2.75, 3.05) is 26.0 Å². The minimum absolute atomic E-state index is 0.0260. The average molecular weight is 475 g/mol. The Hall–Kier alpha value is -4.02. The molecule has 0 spiro atoms. The van der Waals surface area contributed by atoms with Crippen LogP contribution in [-0.2, 0) is 4.74 Å². The fourth-order valence-corrected chi connectivity index (χ4v) is 4.27. The number of ether oxygens (including phenoxy) is 2. The van der Waals surface area contributed by atoms with Gasteiger partial charge in [0.1, 0.15) is 40.0 Å². The predicted molar refractivity (Wildman–Crippen MR) is 129 cm³/mol. The van der Waals surface area contributed by atoms with E-state index in [1.54, 1.807) is 25.4 Å². The van der Waals surface area contributed by atoms with Gasteiger partial charge < -0.3 is 25.6 Å². The Balaban J connectivity index is 1.43. The summed E-state index contributed by atoms with van der Waals surface area (Å²) in [6.07, 6.45) is 6.57. The third kappa shape index (κ3) is 4.53. The third-order valence-corrected chi connectivity index (χ3v) is 6.10. The van der Waals surface area contributed by atoms with E-state index in [1.807, 2.05) is 34.9 Å². The van der Waals surface area contributed by atoms with Crippen LogP contribution in [0.25, 0.3) is 16.8 Å². The van der Waals surface area contributed by atoms with E-state index in [9.17, 15) is 9.90 Å². The lowest BCUT2D eigenvalue weighted by atomic mass is 9.98. The molecule has 0 radical (unpaired) electrons. The molecular formula is C25H26N6O4. The number of aliphatic hydroxyl groups is 1. The first-order chi connectivity index (χ1) is 17.1. The molecule has 1 saturated heterocycles. The smallest absolute Gasteiger partial charge is 0.269 e. The molecule has 5 rings (SSSR count). The molecule has 35 heavy (non-hydrogen) atoms. The van der Waals surface area contributed by atoms with E-state index in [4.69, 9.17) is 20.2 Å². The Bertz CT molecular complexity index is 1350. The summed E-state index contributed by atoms with van der Waals surface area (Å²) in [5.41, 5.74) is 8.88. The van der Waals surface area contributed by atoms with Crippen LogP contribution in [-0.4, -0.2) is 56.7 Å². The van der Waals surface area contributed by atoms with Gasteiger partial charge in [-0.05, 0) is 43.2 Å². The van der Waals surface area contributed by atoms with E-state index < -0.39 is 0 Å². The first-order valence-electron chi connectivity index (χ1n) is 11.4. The number of benzene rings is 1. The second-order valence-corrected chi connectivity index (χ2v) is 8.34. The number of rotatable bonds is 6. The molecule has 4 heterocycles. The van der Waals surface area contributed by atoms with Gasteiger partial charge in [-0.25, -0.2) is 9.97 Å². The number of hydrogen-bond donors (Lipinski definition) is 3. The van der Waals surface area contributed by atoms with Crippen LogP contribution < -0.4 is 15.8 Å². The Morgan fingerprint density at radius 2 is 2.03 bits per heavy atom. The maximum Gasteiger partial charge on any atom is 0.269 e. The highest BCUT2D eigenvalue weighted by Crippen LogP contribution is 2.35. The van der Waals surface area contributed by atoms with Crippen molar-refractivity contribution in [1.82, 2.24) is 24.7 Å². The zero-order valence-corrected chi connectivity index (χ0v) is 19.2. The summed E-state index contributed by atoms with van der Waals surface area (Å²) in [5, 5.41) is 11.9. The molecule has 10 nitrogen and oxygen atoms in total. The molecule has 1 amide bonds. The second kappa shape index (κ2) is 9.69. The molecule has 4 N–H and O–H groups in total. The highest BCUT2D eigenvalue weighted by molar-refractivity contribution is 5.92. The summed E-state index contributed by atoms with van der Waals surface area (Å²) in [6.45, 7) is 0.515. The van der Waals surface area contributed by atoms with Crippen LogP contribution in [0.1, 0.15) is 35.1 Å². The van der Waals surface area contributed by atoms with Gasteiger partial charge in [0.05, 0.1) is 19.3 Å². The van der Waals surface area contributed by atoms with Gasteiger partial charge in [0.2, 0.25) is 0 Å². The number of aliphatic hydroxyl groups excluding tert-OH is 1. The van der Waals surface area contributed by atoms with Crippen molar-refractivity contribution in [3.63, 3.8) is 0 Å². The minimum Gasteiger partial charge on any atom is -0.457 e. The molecule has 2 atom stereocenters. The van der Waals surface area contributed by atoms with E-state index in [1.165, 1.54) is 6.20 Å². The minimum atomic E-state index is -0.283. The zero-order chi connectivity index (χ0) is 24.4. The van der Waals surface area contributed by atoms with Gasteiger partial charge in [-0.15, -0.1) is 0 Å². The summed E-state index contributed by atoms with van der Waals surface area (Å²) in [6, 6.07) is 10.8. The Labute approximate surface area is 201 Å². The molecule has 1 aromatic carbocycles. The molecule has 1 aliphatic heterocycles. The van der Waals surface area contributed by atoms with Crippen LogP contribution in [0, 0.1) is 0 Å². The van der Waals surface area contributed by atoms with Crippen molar-refractivity contribution in [2.45, 2.75) is 24.9 Å². The van der Waals surface area contributed by atoms with Crippen LogP contribution in [0.4, 0.5) is 5.82 Å². The fraction of sp³-hybridized carbons (Fsp3) is 0.280. The SMILES string of the molecule is CNC(=O)c1cc(Oc2ccc(-c3nc(C4CCC(CO)OC4)n4ccnc(N)c34)cc2)ccn1. The number of nitrogens with zero attached hydrogens (tertiary/aromatic N) is 4. The number of nitrogen functional groups attached to an aromatic ring is 1. The quantitative estimate of drug-likeness (QED) is 0.388. The van der Waals surface area contributed by atoms with Gasteiger partial charge in [-0.2, -0.15) is 0 Å². The van der Waals surface area contributed by atoms with Crippen molar-refractivity contribution in [3.8, 4) is 22.8 Å². The Morgan fingerprint density at radius 1 is 1.20 bits per heavy atom. The topological polar surface area (TPSA) is 137 Å². The number of carbonyl (C=O) groups excluding carboxylic acids is 1. The molecule has 0 aliphatic carbocycles. The summed E-state index contributed by atoms with van der Waals surface area (Å²) in [7, 11) is 1.55. The largest absolute Gasteiger partial charge is 0.457 e. The van der Waals surface area contributed by atoms with E-state index >= 15 is 0 Å². The van der Waals surface area contributed by atoms with Crippen molar-refractivity contribution in [3.05, 3.63) is 66.5 Å². The zero-order valence-electron chi connectivity index (χ0n) is 19.2. The third-order valence-electron chi connectivity index (χ3n) is 6.10. The van der Waals surface area contributed by atoms with Crippen LogP contribution >= 0.6 is 0 Å². The van der Waals surface area contributed by atoms with Crippen LogP contribution in [0.15, 0.2) is 55.0 Å².